The molecule has 1 aromatic rings. The molecule has 5 nitrogen and oxygen atoms in total. The fourth-order valence-electron chi connectivity index (χ4n) is 1.68. The Kier molecular flexibility index (Phi) is 5.75. The monoisotopic (exact) mass is 262 g/mol. The molecule has 0 aliphatic heterocycles. The molecule has 19 heavy (non-hydrogen) atoms. The maximum atomic E-state index is 12.1. The van der Waals surface area contributed by atoms with Gasteiger partial charge in [0, 0.05) is 7.11 Å². The van der Waals surface area contributed by atoms with Crippen LogP contribution in [-0.2, 0) is 14.3 Å². The van der Waals surface area contributed by atoms with Crippen molar-refractivity contribution in [2.75, 3.05) is 7.11 Å². The zero-order chi connectivity index (χ0) is 14.3. The van der Waals surface area contributed by atoms with E-state index in [0.717, 1.165) is 0 Å². The Morgan fingerprint density at radius 1 is 1.42 bits per heavy atom. The van der Waals surface area contributed by atoms with E-state index in [2.05, 4.69) is 11.9 Å². The second-order valence-electron chi connectivity index (χ2n) is 4.01. The highest BCUT2D eigenvalue weighted by Gasteiger charge is 2.24. The summed E-state index contributed by atoms with van der Waals surface area (Å²) >= 11 is 0. The molecule has 0 aliphatic carbocycles. The van der Waals surface area contributed by atoms with Crippen molar-refractivity contribution < 1.29 is 14.3 Å². The minimum atomic E-state index is -0.772. The Morgan fingerprint density at radius 2 is 2.05 bits per heavy atom. The Labute approximate surface area is 112 Å². The highest BCUT2D eigenvalue weighted by molar-refractivity contribution is 5.89. The van der Waals surface area contributed by atoms with Crippen molar-refractivity contribution in [3.63, 3.8) is 0 Å². The van der Waals surface area contributed by atoms with Crippen LogP contribution in [0.4, 0.5) is 0 Å². The molecule has 0 unspecified atom stereocenters. The SMILES string of the molecule is C=CC[C@@H](NC(=O)[C@@H](OC)c1ccccc1)C(N)=O. The first-order chi connectivity index (χ1) is 9.10. The highest BCUT2D eigenvalue weighted by atomic mass is 16.5. The maximum absolute atomic E-state index is 12.1. The van der Waals surface area contributed by atoms with E-state index in [1.165, 1.54) is 13.2 Å². The molecule has 0 aromatic heterocycles. The predicted molar refractivity (Wildman–Crippen MR) is 72.1 cm³/mol. The van der Waals surface area contributed by atoms with Crippen LogP contribution in [0, 0.1) is 0 Å². The number of hydrogen-bond donors (Lipinski definition) is 2. The van der Waals surface area contributed by atoms with Gasteiger partial charge in [-0.1, -0.05) is 36.4 Å². The first-order valence-corrected chi connectivity index (χ1v) is 5.88. The van der Waals surface area contributed by atoms with Crippen LogP contribution in [0.5, 0.6) is 0 Å². The number of benzene rings is 1. The molecular formula is C14H18N2O3. The Bertz CT molecular complexity index is 445. The number of rotatable bonds is 7. The van der Waals surface area contributed by atoms with Crippen LogP contribution in [0.2, 0.25) is 0 Å². The second-order valence-corrected chi connectivity index (χ2v) is 4.01. The summed E-state index contributed by atoms with van der Waals surface area (Å²) in [7, 11) is 1.43. The molecule has 1 aromatic carbocycles. The lowest BCUT2D eigenvalue weighted by atomic mass is 10.1. The van der Waals surface area contributed by atoms with E-state index in [4.69, 9.17) is 10.5 Å². The molecule has 0 aliphatic rings. The second kappa shape index (κ2) is 7.33. The topological polar surface area (TPSA) is 81.4 Å². The zero-order valence-corrected chi connectivity index (χ0v) is 10.8. The van der Waals surface area contributed by atoms with Crippen LogP contribution in [0.15, 0.2) is 43.0 Å². The number of nitrogens with one attached hydrogen (secondary N) is 1. The smallest absolute Gasteiger partial charge is 0.254 e. The number of amides is 2. The number of carbonyl (C=O) groups is 2. The van der Waals surface area contributed by atoms with Crippen LogP contribution in [-0.4, -0.2) is 25.0 Å². The summed E-state index contributed by atoms with van der Waals surface area (Å²) in [6, 6.07) is 8.25. The summed E-state index contributed by atoms with van der Waals surface area (Å²) in [5, 5.41) is 2.56. The quantitative estimate of drug-likeness (QED) is 0.717. The van der Waals surface area contributed by atoms with E-state index in [1.54, 1.807) is 12.1 Å². The first kappa shape index (κ1) is 14.9. The third-order valence-electron chi connectivity index (χ3n) is 2.64. The molecule has 0 saturated carbocycles. The van der Waals surface area contributed by atoms with Crippen LogP contribution in [0.25, 0.3) is 0 Å². The minimum absolute atomic E-state index is 0.284. The van der Waals surface area contributed by atoms with Crippen molar-refractivity contribution in [1.29, 1.82) is 0 Å². The standard InChI is InChI=1S/C14H18N2O3/c1-3-7-11(13(15)17)16-14(18)12(19-2)10-8-5-4-6-9-10/h3-6,8-9,11-12H,1,7H2,2H3,(H2,15,17)(H,16,18)/t11-,12+/m1/s1. The number of nitrogens with two attached hydrogens (primary N) is 1. The molecular weight excluding hydrogens is 244 g/mol. The summed E-state index contributed by atoms with van der Waals surface area (Å²) in [5.74, 6) is -1.00. The summed E-state index contributed by atoms with van der Waals surface area (Å²) in [4.78, 5) is 23.3. The third-order valence-corrected chi connectivity index (χ3v) is 2.64. The first-order valence-electron chi connectivity index (χ1n) is 5.88. The molecule has 0 radical (unpaired) electrons. The van der Waals surface area contributed by atoms with Gasteiger partial charge in [-0.3, -0.25) is 9.59 Å². The van der Waals surface area contributed by atoms with Gasteiger partial charge in [0.15, 0.2) is 6.10 Å². The largest absolute Gasteiger partial charge is 0.368 e. The van der Waals surface area contributed by atoms with Crippen LogP contribution >= 0.6 is 0 Å². The van der Waals surface area contributed by atoms with Gasteiger partial charge in [-0.25, -0.2) is 0 Å². The molecule has 0 fully saturated rings. The Morgan fingerprint density at radius 3 is 2.53 bits per heavy atom. The minimum Gasteiger partial charge on any atom is -0.368 e. The maximum Gasteiger partial charge on any atom is 0.254 e. The lowest BCUT2D eigenvalue weighted by molar-refractivity contribution is -0.134. The van der Waals surface area contributed by atoms with Crippen molar-refractivity contribution in [2.24, 2.45) is 5.73 Å². The molecule has 1 rings (SSSR count). The van der Waals surface area contributed by atoms with E-state index in [1.807, 2.05) is 18.2 Å². The fraction of sp³-hybridized carbons (Fsp3) is 0.286. The van der Waals surface area contributed by atoms with Gasteiger partial charge < -0.3 is 15.8 Å². The van der Waals surface area contributed by atoms with Crippen molar-refractivity contribution in [1.82, 2.24) is 5.32 Å². The normalized spacial score (nSPS) is 13.3. The van der Waals surface area contributed by atoms with Crippen molar-refractivity contribution in [3.05, 3.63) is 48.6 Å². The Hall–Kier alpha value is -2.14. The molecule has 102 valence electrons. The zero-order valence-electron chi connectivity index (χ0n) is 10.8. The van der Waals surface area contributed by atoms with Gasteiger partial charge in [-0.15, -0.1) is 6.58 Å². The van der Waals surface area contributed by atoms with Gasteiger partial charge in [-0.05, 0) is 12.0 Å². The number of ether oxygens (including phenoxy) is 1. The summed E-state index contributed by atoms with van der Waals surface area (Å²) in [6.45, 7) is 3.52. The summed E-state index contributed by atoms with van der Waals surface area (Å²) in [6.07, 6.45) is 1.04. The lowest BCUT2D eigenvalue weighted by Gasteiger charge is -2.19. The molecule has 3 N–H and O–H groups in total. The van der Waals surface area contributed by atoms with E-state index in [9.17, 15) is 9.59 Å². The Balaban J connectivity index is 2.79. The van der Waals surface area contributed by atoms with Crippen LogP contribution < -0.4 is 11.1 Å². The van der Waals surface area contributed by atoms with Crippen LogP contribution in [0.3, 0.4) is 0 Å². The number of hydrogen-bond acceptors (Lipinski definition) is 3. The van der Waals surface area contributed by atoms with Crippen LogP contribution in [0.1, 0.15) is 18.1 Å². The van der Waals surface area contributed by atoms with Crippen molar-refractivity contribution >= 4 is 11.8 Å². The van der Waals surface area contributed by atoms with E-state index < -0.39 is 24.0 Å². The van der Waals surface area contributed by atoms with E-state index >= 15 is 0 Å². The average molecular weight is 262 g/mol. The van der Waals surface area contributed by atoms with E-state index in [0.29, 0.717) is 5.56 Å². The van der Waals surface area contributed by atoms with Gasteiger partial charge >= 0.3 is 0 Å². The number of carbonyl (C=O) groups excluding carboxylic acids is 2. The van der Waals surface area contributed by atoms with Gasteiger partial charge in [0.2, 0.25) is 5.91 Å². The van der Waals surface area contributed by atoms with Crippen molar-refractivity contribution in [3.8, 4) is 0 Å². The van der Waals surface area contributed by atoms with Gasteiger partial charge in [0.25, 0.3) is 5.91 Å². The average Bonchev–Trinajstić information content (AvgIpc) is 2.40. The number of methoxy groups -OCH3 is 1. The molecule has 0 heterocycles. The summed E-state index contributed by atoms with van der Waals surface area (Å²) < 4.78 is 5.17. The molecule has 0 spiro atoms. The summed E-state index contributed by atoms with van der Waals surface area (Å²) in [5.41, 5.74) is 5.92. The lowest BCUT2D eigenvalue weighted by Crippen LogP contribution is -2.46. The third kappa shape index (κ3) is 4.22. The van der Waals surface area contributed by atoms with Gasteiger partial charge in [0.1, 0.15) is 6.04 Å². The van der Waals surface area contributed by atoms with Crippen molar-refractivity contribution in [2.45, 2.75) is 18.6 Å². The fourth-order valence-corrected chi connectivity index (χ4v) is 1.68. The highest BCUT2D eigenvalue weighted by Crippen LogP contribution is 2.16. The van der Waals surface area contributed by atoms with Gasteiger partial charge in [0.05, 0.1) is 0 Å². The molecule has 2 amide bonds. The van der Waals surface area contributed by atoms with E-state index in [-0.39, 0.29) is 6.42 Å². The number of primary amides is 1. The molecule has 0 saturated heterocycles. The molecule has 2 atom stereocenters. The predicted octanol–water partition coefficient (Wildman–Crippen LogP) is 0.920. The molecule has 5 heteroatoms. The van der Waals surface area contributed by atoms with Gasteiger partial charge in [-0.2, -0.15) is 0 Å². The molecule has 0 bridgehead atoms.